The molecule has 0 heterocycles. The van der Waals surface area contributed by atoms with Crippen LogP contribution in [0.2, 0.25) is 0 Å². The van der Waals surface area contributed by atoms with E-state index in [9.17, 15) is 17.9 Å². The van der Waals surface area contributed by atoms with Crippen LogP contribution in [0.25, 0.3) is 0 Å². The fourth-order valence-corrected chi connectivity index (χ4v) is 4.48. The first-order valence-corrected chi connectivity index (χ1v) is 7.45. The number of aliphatic hydroxyl groups excluding tert-OH is 1. The SMILES string of the molecule is CCS(=O)(=O)[C@@H]1[C@H](c2ccc(F)cc2)[C@@]1(N)CO. The molecule has 0 spiro atoms. The minimum atomic E-state index is -3.33. The average Bonchev–Trinajstić information content (AvgIpc) is 2.98. The lowest BCUT2D eigenvalue weighted by atomic mass is 10.1. The smallest absolute Gasteiger partial charge is 0.155 e. The minimum Gasteiger partial charge on any atom is -0.394 e. The molecule has 0 aliphatic heterocycles. The van der Waals surface area contributed by atoms with Gasteiger partial charge in [0.1, 0.15) is 5.82 Å². The molecule has 1 aromatic carbocycles. The highest BCUT2D eigenvalue weighted by Crippen LogP contribution is 2.53. The van der Waals surface area contributed by atoms with Gasteiger partial charge in [-0.2, -0.15) is 0 Å². The summed E-state index contributed by atoms with van der Waals surface area (Å²) in [4.78, 5) is 0. The summed E-state index contributed by atoms with van der Waals surface area (Å²) in [5.74, 6) is -0.872. The quantitative estimate of drug-likeness (QED) is 0.833. The van der Waals surface area contributed by atoms with E-state index in [1.165, 1.54) is 24.3 Å². The summed E-state index contributed by atoms with van der Waals surface area (Å²) in [6, 6.07) is 5.56. The fraction of sp³-hybridized carbons (Fsp3) is 0.500. The highest BCUT2D eigenvalue weighted by molar-refractivity contribution is 7.92. The van der Waals surface area contributed by atoms with Crippen molar-refractivity contribution in [2.24, 2.45) is 5.73 Å². The van der Waals surface area contributed by atoms with E-state index in [0.29, 0.717) is 5.56 Å². The molecular weight excluding hydrogens is 257 g/mol. The van der Waals surface area contributed by atoms with Crippen LogP contribution in [0.15, 0.2) is 24.3 Å². The molecule has 1 fully saturated rings. The van der Waals surface area contributed by atoms with Gasteiger partial charge in [0.2, 0.25) is 0 Å². The van der Waals surface area contributed by atoms with Crippen molar-refractivity contribution >= 4 is 9.84 Å². The zero-order valence-electron chi connectivity index (χ0n) is 10.0. The summed E-state index contributed by atoms with van der Waals surface area (Å²) in [7, 11) is -3.33. The van der Waals surface area contributed by atoms with Crippen molar-refractivity contribution in [1.29, 1.82) is 0 Å². The monoisotopic (exact) mass is 273 g/mol. The molecule has 0 saturated heterocycles. The topological polar surface area (TPSA) is 80.4 Å². The van der Waals surface area contributed by atoms with Crippen molar-refractivity contribution in [3.05, 3.63) is 35.6 Å². The third-order valence-electron chi connectivity index (χ3n) is 3.59. The molecule has 3 N–H and O–H groups in total. The molecule has 4 nitrogen and oxygen atoms in total. The Labute approximate surface area is 106 Å². The van der Waals surface area contributed by atoms with Gasteiger partial charge in [0.25, 0.3) is 0 Å². The van der Waals surface area contributed by atoms with E-state index in [1.54, 1.807) is 6.92 Å². The summed E-state index contributed by atoms with van der Waals surface area (Å²) in [5, 5.41) is 8.53. The number of benzene rings is 1. The second-order valence-electron chi connectivity index (χ2n) is 4.67. The zero-order chi connectivity index (χ0) is 13.6. The highest BCUT2D eigenvalue weighted by atomic mass is 32.2. The Balaban J connectivity index is 2.37. The van der Waals surface area contributed by atoms with Crippen LogP contribution >= 0.6 is 0 Å². The maximum absolute atomic E-state index is 12.8. The van der Waals surface area contributed by atoms with Gasteiger partial charge >= 0.3 is 0 Å². The Hall–Kier alpha value is -0.980. The van der Waals surface area contributed by atoms with Gasteiger partial charge in [0.05, 0.1) is 17.4 Å². The van der Waals surface area contributed by atoms with E-state index in [1.807, 2.05) is 0 Å². The van der Waals surface area contributed by atoms with Crippen molar-refractivity contribution < 1.29 is 17.9 Å². The molecule has 0 bridgehead atoms. The Kier molecular flexibility index (Phi) is 3.21. The van der Waals surface area contributed by atoms with E-state index in [4.69, 9.17) is 5.73 Å². The van der Waals surface area contributed by atoms with Crippen LogP contribution in [0.3, 0.4) is 0 Å². The van der Waals surface area contributed by atoms with Gasteiger partial charge in [0, 0.05) is 11.7 Å². The number of hydrogen-bond acceptors (Lipinski definition) is 4. The number of rotatable bonds is 4. The van der Waals surface area contributed by atoms with E-state index >= 15 is 0 Å². The Morgan fingerprint density at radius 2 is 1.94 bits per heavy atom. The molecule has 3 atom stereocenters. The van der Waals surface area contributed by atoms with Gasteiger partial charge in [0.15, 0.2) is 9.84 Å². The zero-order valence-corrected chi connectivity index (χ0v) is 10.8. The van der Waals surface area contributed by atoms with Gasteiger partial charge in [-0.3, -0.25) is 0 Å². The van der Waals surface area contributed by atoms with Gasteiger partial charge in [-0.05, 0) is 17.7 Å². The largest absolute Gasteiger partial charge is 0.394 e. The van der Waals surface area contributed by atoms with Crippen molar-refractivity contribution in [3.63, 3.8) is 0 Å². The molecular formula is C12H16FNO3S. The van der Waals surface area contributed by atoms with Crippen LogP contribution in [0.4, 0.5) is 4.39 Å². The first-order chi connectivity index (χ1) is 8.36. The predicted octanol–water partition coefficient (Wildman–Crippen LogP) is 0.416. The van der Waals surface area contributed by atoms with Gasteiger partial charge in [-0.25, -0.2) is 12.8 Å². The Morgan fingerprint density at radius 1 is 1.39 bits per heavy atom. The third-order valence-corrected chi connectivity index (χ3v) is 5.88. The Bertz CT molecular complexity index is 543. The maximum Gasteiger partial charge on any atom is 0.155 e. The number of halogens is 1. The van der Waals surface area contributed by atoms with E-state index < -0.39 is 33.2 Å². The van der Waals surface area contributed by atoms with Crippen molar-refractivity contribution in [2.75, 3.05) is 12.4 Å². The molecule has 100 valence electrons. The maximum atomic E-state index is 12.8. The highest BCUT2D eigenvalue weighted by Gasteiger charge is 2.68. The molecule has 1 aliphatic carbocycles. The summed E-state index contributed by atoms with van der Waals surface area (Å²) in [6.07, 6.45) is 0. The summed E-state index contributed by atoms with van der Waals surface area (Å²) in [5.41, 5.74) is 5.45. The minimum absolute atomic E-state index is 0.0195. The molecule has 6 heteroatoms. The van der Waals surface area contributed by atoms with E-state index in [0.717, 1.165) is 0 Å². The van der Waals surface area contributed by atoms with Crippen LogP contribution in [0, 0.1) is 5.82 Å². The predicted molar refractivity (Wildman–Crippen MR) is 66.4 cm³/mol. The van der Waals surface area contributed by atoms with Crippen LogP contribution in [0.5, 0.6) is 0 Å². The van der Waals surface area contributed by atoms with Crippen molar-refractivity contribution in [1.82, 2.24) is 0 Å². The van der Waals surface area contributed by atoms with Gasteiger partial charge in [-0.15, -0.1) is 0 Å². The second kappa shape index (κ2) is 4.29. The van der Waals surface area contributed by atoms with Crippen LogP contribution < -0.4 is 5.73 Å². The molecule has 18 heavy (non-hydrogen) atoms. The third kappa shape index (κ3) is 1.94. The summed E-state index contributed by atoms with van der Waals surface area (Å²) < 4.78 is 36.7. The first kappa shape index (κ1) is 13.5. The number of aliphatic hydroxyl groups is 1. The van der Waals surface area contributed by atoms with E-state index in [2.05, 4.69) is 0 Å². The lowest BCUT2D eigenvalue weighted by Crippen LogP contribution is -2.35. The molecule has 0 aromatic heterocycles. The molecule has 0 amide bonds. The standard InChI is InChI=1S/C12H16FNO3S/c1-2-18(16,17)11-10(12(11,14)7-15)8-3-5-9(13)6-4-8/h3-6,10-11,15H,2,7,14H2,1H3/t10-,11+,12-/m0/s1. The first-order valence-electron chi connectivity index (χ1n) is 5.73. The Morgan fingerprint density at radius 3 is 2.39 bits per heavy atom. The summed E-state index contributed by atoms with van der Waals surface area (Å²) in [6.45, 7) is 1.14. The second-order valence-corrected chi connectivity index (χ2v) is 7.08. The number of hydrogen-bond donors (Lipinski definition) is 2. The van der Waals surface area contributed by atoms with Crippen molar-refractivity contribution in [2.45, 2.75) is 23.6 Å². The number of nitrogens with two attached hydrogens (primary N) is 1. The molecule has 2 rings (SSSR count). The summed E-state index contributed by atoms with van der Waals surface area (Å²) >= 11 is 0. The van der Waals surface area contributed by atoms with E-state index in [-0.39, 0.29) is 11.6 Å². The average molecular weight is 273 g/mol. The lowest BCUT2D eigenvalue weighted by Gasteiger charge is -2.07. The molecule has 1 aliphatic rings. The molecule has 1 saturated carbocycles. The fourth-order valence-electron chi connectivity index (χ4n) is 2.49. The molecule has 0 unspecified atom stereocenters. The van der Waals surface area contributed by atoms with Gasteiger partial charge in [-0.1, -0.05) is 19.1 Å². The molecule has 0 radical (unpaired) electrons. The lowest BCUT2D eigenvalue weighted by molar-refractivity contribution is 0.253. The van der Waals surface area contributed by atoms with Gasteiger partial charge < -0.3 is 10.8 Å². The normalized spacial score (nSPS) is 31.3. The van der Waals surface area contributed by atoms with Crippen LogP contribution in [-0.2, 0) is 9.84 Å². The molecule has 1 aromatic rings. The number of sulfone groups is 1. The van der Waals surface area contributed by atoms with Crippen LogP contribution in [-0.4, -0.2) is 36.7 Å². The van der Waals surface area contributed by atoms with Crippen molar-refractivity contribution in [3.8, 4) is 0 Å². The van der Waals surface area contributed by atoms with Crippen LogP contribution in [0.1, 0.15) is 18.4 Å².